The standard InChI is InChI=1S/C56H58Cl2N8O17.C2HF3O2/c1-22(2)13-32(60-3)50(71)65-45-47(68)24-8-11-35(30(57)15-24)82-38-17-26-18-39(49(38)70)83-36-12-9-25(16-31(36)58)48(69)46-55(76)64-44(56(77)78)29-19-27(79-4)20-37(81-6)41(29)28-14-23(7-10-34(28)80-5)42(52(73)66-46)63-53(74)43(26)62-51(72)33(21-40(59)67)61-54(45)75;3-2(4,5)1(6)7/h7-12,14-20,22,32-33,42-48,60,68-70H,13,21H2,1-6H3,(H2,59,67)(H,61,75)(H,62,72)(H,63,74)(H,64,76)(H,65,71)(H,66,73)(H,77,78);(H,6,7)/t32-,33+,42-,43-,44+,45-,46+,47-,48-;/m1./s1. The van der Waals surface area contributed by atoms with E-state index >= 15 is 9.59 Å². The number of carbonyl (C=O) groups excluding carboxylic acids is 7. The summed E-state index contributed by atoms with van der Waals surface area (Å²) >= 11 is 13.6. The molecule has 27 nitrogen and oxygen atoms in total. The molecule has 480 valence electrons. The smallest absolute Gasteiger partial charge is 0.490 e. The molecule has 90 heavy (non-hydrogen) atoms. The highest BCUT2D eigenvalue weighted by atomic mass is 35.5. The Labute approximate surface area is 518 Å². The number of nitrogens with one attached hydrogen (secondary N) is 7. The molecule has 11 bridgehead atoms. The fourth-order valence-corrected chi connectivity index (χ4v) is 10.2. The Morgan fingerprint density at radius 2 is 1.21 bits per heavy atom. The van der Waals surface area contributed by atoms with Crippen LogP contribution in [0.25, 0.3) is 11.1 Å². The van der Waals surface area contributed by atoms with E-state index in [1.165, 1.54) is 89.0 Å². The van der Waals surface area contributed by atoms with Gasteiger partial charge in [-0.1, -0.05) is 55.2 Å². The zero-order chi connectivity index (χ0) is 66.4. The summed E-state index contributed by atoms with van der Waals surface area (Å²) in [4.78, 5) is 124. The number of hydrogen-bond acceptors (Lipinski definition) is 18. The third-order valence-corrected chi connectivity index (χ3v) is 14.8. The topological polar surface area (TPSA) is 411 Å². The van der Waals surface area contributed by atoms with Gasteiger partial charge in [-0.3, -0.25) is 33.6 Å². The van der Waals surface area contributed by atoms with Crippen molar-refractivity contribution < 1.29 is 106 Å². The molecule has 5 aliphatic heterocycles. The number of halogens is 5. The van der Waals surface area contributed by atoms with Crippen molar-refractivity contribution in [1.82, 2.24) is 37.2 Å². The van der Waals surface area contributed by atoms with Crippen molar-refractivity contribution in [3.05, 3.63) is 117 Å². The van der Waals surface area contributed by atoms with Crippen LogP contribution in [-0.4, -0.2) is 138 Å². The summed E-state index contributed by atoms with van der Waals surface area (Å²) in [6.07, 6.45) is -9.72. The van der Waals surface area contributed by atoms with Crippen molar-refractivity contribution in [1.29, 1.82) is 0 Å². The van der Waals surface area contributed by atoms with E-state index in [4.69, 9.17) is 62.5 Å². The number of aliphatic hydroxyl groups is 2. The summed E-state index contributed by atoms with van der Waals surface area (Å²) < 4.78 is 61.1. The quantitative estimate of drug-likeness (QED) is 0.0890. The first-order valence-electron chi connectivity index (χ1n) is 26.8. The second kappa shape index (κ2) is 28.3. The number of primary amides is 1. The molecule has 0 saturated heterocycles. The number of phenols is 1. The van der Waals surface area contributed by atoms with Crippen molar-refractivity contribution in [2.75, 3.05) is 28.4 Å². The lowest BCUT2D eigenvalue weighted by molar-refractivity contribution is -0.192. The van der Waals surface area contributed by atoms with E-state index in [2.05, 4.69) is 37.2 Å². The van der Waals surface area contributed by atoms with Crippen LogP contribution in [0.1, 0.15) is 84.8 Å². The summed E-state index contributed by atoms with van der Waals surface area (Å²) in [5.41, 5.74) is 5.01. The second-order valence-corrected chi connectivity index (χ2v) is 21.5. The molecular formula is C58H59Cl2F3N8O19. The van der Waals surface area contributed by atoms with Gasteiger partial charge in [-0.05, 0) is 96.2 Å². The average molecular weight is 1300 g/mol. The van der Waals surface area contributed by atoms with E-state index < -0.39 is 138 Å². The van der Waals surface area contributed by atoms with Crippen molar-refractivity contribution >= 4 is 76.5 Å². The molecule has 0 spiro atoms. The zero-order valence-corrected chi connectivity index (χ0v) is 49.6. The van der Waals surface area contributed by atoms with Gasteiger partial charge in [0.05, 0.1) is 43.8 Å². The number of nitrogens with two attached hydrogens (primary N) is 1. The van der Waals surface area contributed by atoms with E-state index in [0.717, 1.165) is 18.2 Å². The third kappa shape index (κ3) is 15.3. The molecule has 0 aliphatic carbocycles. The number of carboxylic acid groups (broad SMARTS) is 2. The van der Waals surface area contributed by atoms with Gasteiger partial charge in [0.2, 0.25) is 47.1 Å². The Bertz CT molecular complexity index is 3670. The zero-order valence-electron chi connectivity index (χ0n) is 48.1. The third-order valence-electron chi connectivity index (χ3n) is 14.2. The lowest BCUT2D eigenvalue weighted by Crippen LogP contribution is -2.59. The van der Waals surface area contributed by atoms with Crippen LogP contribution in [0.3, 0.4) is 0 Å². The summed E-state index contributed by atoms with van der Waals surface area (Å²) in [7, 11) is 5.40. The number of aliphatic carboxylic acids is 2. The number of rotatable bonds is 11. The number of alkyl halides is 3. The Balaban J connectivity index is 0.00000155. The molecule has 7 amide bonds. The van der Waals surface area contributed by atoms with Gasteiger partial charge in [-0.2, -0.15) is 13.2 Å². The Morgan fingerprint density at radius 1 is 0.667 bits per heavy atom. The first-order chi connectivity index (χ1) is 42.4. The Hall–Kier alpha value is -9.62. The minimum Gasteiger partial charge on any atom is -0.502 e. The monoisotopic (exact) mass is 1300 g/mol. The van der Waals surface area contributed by atoms with Crippen molar-refractivity contribution in [3.63, 3.8) is 0 Å². The lowest BCUT2D eigenvalue weighted by atomic mass is 9.89. The number of fused-ring (bicyclic) bond motifs is 15. The van der Waals surface area contributed by atoms with E-state index in [9.17, 15) is 62.4 Å². The van der Waals surface area contributed by atoms with Crippen molar-refractivity contribution in [3.8, 4) is 57.1 Å². The van der Waals surface area contributed by atoms with Crippen LogP contribution in [0.2, 0.25) is 10.0 Å². The largest absolute Gasteiger partial charge is 0.502 e. The maximum Gasteiger partial charge on any atom is 0.490 e. The van der Waals surface area contributed by atoms with Crippen LogP contribution in [0.5, 0.6) is 46.0 Å². The highest BCUT2D eigenvalue weighted by molar-refractivity contribution is 6.32. The van der Waals surface area contributed by atoms with Crippen molar-refractivity contribution in [2.24, 2.45) is 11.7 Å². The van der Waals surface area contributed by atoms with E-state index in [0.29, 0.717) is 0 Å². The van der Waals surface area contributed by atoms with Crippen LogP contribution >= 0.6 is 23.2 Å². The number of aliphatic hydroxyl groups excluding tert-OH is 2. The highest BCUT2D eigenvalue weighted by Gasteiger charge is 2.42. The molecule has 5 aromatic rings. The SMILES string of the molecule is CN[C@H](CC(C)C)C(=O)N[C@H]1C(=O)N[C@@H](CC(N)=O)C(=O)N[C@H]2C(=O)N[C@H]3C(=O)N[C@H](C(=O)N[C@H](C(=O)O)c4cc(OC)cc(OC)c4-c4cc3ccc4OC)[C@H](O)c3ccc(c(Cl)c3)Oc3cc2cc(c3O)Oc2ccc(cc2Cl)[C@H]1O.O=C(O)C(F)(F)F. The molecule has 5 aromatic carbocycles. The number of hydrogen-bond donors (Lipinski definition) is 13. The molecular weight excluding hydrogens is 1240 g/mol. The van der Waals surface area contributed by atoms with Crippen LogP contribution in [0.15, 0.2) is 78.9 Å². The molecule has 10 rings (SSSR count). The van der Waals surface area contributed by atoms with Crippen LogP contribution in [0, 0.1) is 5.92 Å². The first-order valence-corrected chi connectivity index (χ1v) is 27.6. The fraction of sp³-hybridized carbons (Fsp3) is 0.328. The van der Waals surface area contributed by atoms with Gasteiger partial charge < -0.3 is 92.2 Å². The molecule has 0 fully saturated rings. The lowest BCUT2D eigenvalue weighted by Gasteiger charge is -2.31. The molecule has 0 unspecified atom stereocenters. The molecule has 5 heterocycles. The Kier molecular flexibility index (Phi) is 21.3. The first kappa shape index (κ1) is 67.9. The summed E-state index contributed by atoms with van der Waals surface area (Å²) in [5, 5.41) is 71.3. The predicted molar refractivity (Wildman–Crippen MR) is 308 cm³/mol. The molecule has 32 heteroatoms. The molecule has 9 atom stereocenters. The minimum absolute atomic E-state index is 0.00494. The van der Waals surface area contributed by atoms with E-state index in [-0.39, 0.29) is 90.1 Å². The Morgan fingerprint density at radius 3 is 1.72 bits per heavy atom. The summed E-state index contributed by atoms with van der Waals surface area (Å²) in [6, 6.07) is 3.48. The number of carbonyl (C=O) groups is 9. The minimum atomic E-state index is -5.08. The van der Waals surface area contributed by atoms with Gasteiger partial charge in [-0.25, -0.2) is 9.59 Å². The number of methoxy groups -OCH3 is 3. The van der Waals surface area contributed by atoms with E-state index in [1.807, 2.05) is 13.8 Å². The number of carboxylic acids is 2. The number of aromatic hydroxyl groups is 1. The number of benzene rings is 5. The predicted octanol–water partition coefficient (Wildman–Crippen LogP) is 3.94. The highest BCUT2D eigenvalue weighted by Crippen LogP contribution is 2.48. The van der Waals surface area contributed by atoms with Gasteiger partial charge >= 0.3 is 18.1 Å². The van der Waals surface area contributed by atoms with Crippen LogP contribution < -0.4 is 66.6 Å². The maximum absolute atomic E-state index is 15.6. The number of likely N-dealkylation sites (N-methyl/N-ethyl adjacent to an activating group) is 1. The molecule has 0 radical (unpaired) electrons. The molecule has 0 aromatic heterocycles. The van der Waals surface area contributed by atoms with E-state index in [1.54, 1.807) is 0 Å². The average Bonchev–Trinajstić information content (AvgIpc) is 0.786. The second-order valence-electron chi connectivity index (χ2n) is 20.7. The van der Waals surface area contributed by atoms with Gasteiger partial charge in [0.1, 0.15) is 71.2 Å². The summed E-state index contributed by atoms with van der Waals surface area (Å²) in [5.74, 6) is -14.6. The summed E-state index contributed by atoms with van der Waals surface area (Å²) in [6.45, 7) is 3.71. The van der Waals surface area contributed by atoms with Gasteiger partial charge in [0.25, 0.3) is 0 Å². The van der Waals surface area contributed by atoms with Crippen molar-refractivity contribution in [2.45, 2.75) is 87.4 Å². The maximum atomic E-state index is 15.6. The van der Waals surface area contributed by atoms with Gasteiger partial charge in [0.15, 0.2) is 17.5 Å². The van der Waals surface area contributed by atoms with Crippen LogP contribution in [0.4, 0.5) is 13.2 Å². The normalized spacial score (nSPS) is 21.1. The molecule has 14 N–H and O–H groups in total. The molecule has 0 saturated carbocycles. The fourth-order valence-electron chi connectivity index (χ4n) is 9.76. The molecule has 5 aliphatic rings. The number of amides is 7. The number of phenolic OH excluding ortho intramolecular Hbond substituents is 1. The van der Waals surface area contributed by atoms with Crippen LogP contribution in [-0.2, 0) is 43.2 Å². The van der Waals surface area contributed by atoms with Gasteiger partial charge in [-0.15, -0.1) is 0 Å². The van der Waals surface area contributed by atoms with Gasteiger partial charge in [0, 0.05) is 22.8 Å². The number of ether oxygens (including phenoxy) is 5.